The van der Waals surface area contributed by atoms with Crippen molar-refractivity contribution in [2.45, 2.75) is 63.8 Å². The van der Waals surface area contributed by atoms with E-state index in [4.69, 9.17) is 5.73 Å². The van der Waals surface area contributed by atoms with E-state index in [0.29, 0.717) is 12.1 Å². The molecule has 2 unspecified atom stereocenters. The highest BCUT2D eigenvalue weighted by Crippen LogP contribution is 2.59. The molecule has 2 fully saturated rings. The van der Waals surface area contributed by atoms with Gasteiger partial charge in [0.25, 0.3) is 5.91 Å². The van der Waals surface area contributed by atoms with Crippen LogP contribution in [0.2, 0.25) is 0 Å². The maximum atomic E-state index is 16.8. The van der Waals surface area contributed by atoms with Crippen molar-refractivity contribution in [2.75, 3.05) is 32.5 Å². The van der Waals surface area contributed by atoms with Gasteiger partial charge in [-0.3, -0.25) is 24.2 Å². The fourth-order valence-electron chi connectivity index (χ4n) is 8.39. The molecular formula is C30H37FN4O7. The fraction of sp³-hybridized carbons (Fsp3) is 0.567. The minimum Gasteiger partial charge on any atom is -0.508 e. The Labute approximate surface area is 242 Å². The Bertz CT molecular complexity index is 1530. The topological polar surface area (TPSA) is 177 Å². The van der Waals surface area contributed by atoms with Crippen LogP contribution in [0, 0.1) is 23.1 Å². The van der Waals surface area contributed by atoms with E-state index >= 15 is 4.39 Å². The van der Waals surface area contributed by atoms with E-state index in [2.05, 4.69) is 17.1 Å². The molecule has 6 atom stereocenters. The number of likely N-dealkylation sites (tertiary alicyclic amines) is 1. The number of halogens is 1. The van der Waals surface area contributed by atoms with Gasteiger partial charge in [-0.25, -0.2) is 4.39 Å². The predicted molar refractivity (Wildman–Crippen MR) is 150 cm³/mol. The van der Waals surface area contributed by atoms with Crippen molar-refractivity contribution in [1.82, 2.24) is 9.80 Å². The highest BCUT2D eigenvalue weighted by Gasteiger charge is 2.64. The number of likely N-dealkylation sites (N-methyl/N-ethyl adjacent to an activating group) is 1. The van der Waals surface area contributed by atoms with Crippen molar-refractivity contribution in [3.63, 3.8) is 0 Å². The van der Waals surface area contributed by atoms with Gasteiger partial charge in [-0.05, 0) is 59.7 Å². The molecule has 1 saturated carbocycles. The Morgan fingerprint density at radius 3 is 2.48 bits per heavy atom. The third-order valence-electron chi connectivity index (χ3n) is 10.4. The minimum absolute atomic E-state index is 0.0542. The molecule has 5 aliphatic rings. The number of anilines is 1. The summed E-state index contributed by atoms with van der Waals surface area (Å²) < 4.78 is 16.8. The lowest BCUT2D eigenvalue weighted by molar-refractivity contribution is -0.153. The summed E-state index contributed by atoms with van der Waals surface area (Å²) in [5.74, 6) is -8.15. The Hall–Kier alpha value is -3.48. The predicted octanol–water partition coefficient (Wildman–Crippen LogP) is 1.69. The molecule has 0 bridgehead atoms. The molecule has 1 aromatic rings. The molecule has 2 aliphatic heterocycles. The SMILES string of the molecule is CC(C)N1CCC2(C)CNc3c(O)c4c(c(F)c3C12)C[C@H]1C[C@H]2[C@H](N(C)C)C(=O)C(C(N)=O)=C(O)[C@@]2(O)C(=O)C1=C4O. The normalized spacial score (nSPS) is 34.2. The van der Waals surface area contributed by atoms with E-state index in [1.807, 2.05) is 13.8 Å². The maximum absolute atomic E-state index is 16.8. The zero-order chi connectivity index (χ0) is 30.8. The van der Waals surface area contributed by atoms with Crippen molar-refractivity contribution in [3.8, 4) is 5.75 Å². The molecule has 2 heterocycles. The molecule has 3 aliphatic carbocycles. The molecule has 7 N–H and O–H groups in total. The molecule has 6 rings (SSSR count). The van der Waals surface area contributed by atoms with Gasteiger partial charge in [0.2, 0.25) is 5.78 Å². The van der Waals surface area contributed by atoms with Crippen molar-refractivity contribution < 1.29 is 39.2 Å². The number of hydrogen-bond acceptors (Lipinski definition) is 10. The van der Waals surface area contributed by atoms with E-state index in [9.17, 15) is 34.8 Å². The molecule has 12 heteroatoms. The molecule has 1 aromatic carbocycles. The van der Waals surface area contributed by atoms with Crippen LogP contribution >= 0.6 is 0 Å². The number of amides is 1. The number of hydrogen-bond donors (Lipinski definition) is 6. The van der Waals surface area contributed by atoms with Gasteiger partial charge in [-0.2, -0.15) is 0 Å². The van der Waals surface area contributed by atoms with Crippen LogP contribution in [0.4, 0.5) is 10.1 Å². The highest BCUT2D eigenvalue weighted by molar-refractivity contribution is 6.24. The molecule has 0 spiro atoms. The number of nitrogens with two attached hydrogens (primary N) is 1. The first-order valence-electron chi connectivity index (χ1n) is 14.3. The number of carbonyl (C=O) groups excluding carboxylic acids is 3. The van der Waals surface area contributed by atoms with Crippen molar-refractivity contribution in [3.05, 3.63) is 39.4 Å². The van der Waals surface area contributed by atoms with E-state index in [-0.39, 0.29) is 52.7 Å². The number of benzene rings is 1. The first-order valence-corrected chi connectivity index (χ1v) is 14.3. The molecule has 0 radical (unpaired) electrons. The number of primary amides is 1. The molecule has 42 heavy (non-hydrogen) atoms. The number of Topliss-reactive ketones (excluding diaryl/α,β-unsaturated/α-hetero) is 2. The van der Waals surface area contributed by atoms with Crippen molar-refractivity contribution >= 4 is 28.9 Å². The minimum atomic E-state index is -2.74. The van der Waals surface area contributed by atoms with Crippen LogP contribution in [-0.2, 0) is 20.8 Å². The lowest BCUT2D eigenvalue weighted by atomic mass is 9.57. The van der Waals surface area contributed by atoms with Gasteiger partial charge in [-0.1, -0.05) is 6.92 Å². The molecule has 11 nitrogen and oxygen atoms in total. The standard InChI is InChI=1S/C30H37FN4O7/c1-11(2)35-7-6-29(3)10-33-20-17(25(29)35)19(31)13-8-12-9-14-21(34(4)5)24(38)18(28(32)41)27(40)30(14,42)26(39)15(12)22(36)16(13)23(20)37/h11-12,14,21,25,33,36-37,40,42H,6-10H2,1-5H3,(H2,32,41)/t12-,14-,21-,25?,29?,30-/m0/s1. The van der Waals surface area contributed by atoms with Crippen LogP contribution in [0.15, 0.2) is 16.9 Å². The lowest BCUT2D eigenvalue weighted by Crippen LogP contribution is -2.65. The number of rotatable bonds is 3. The number of nitrogens with one attached hydrogen (secondary N) is 1. The summed E-state index contributed by atoms with van der Waals surface area (Å²) in [7, 11) is 3.06. The van der Waals surface area contributed by atoms with E-state index in [1.165, 1.54) is 19.0 Å². The van der Waals surface area contributed by atoms with E-state index < -0.39 is 69.6 Å². The second kappa shape index (κ2) is 9.01. The van der Waals surface area contributed by atoms with Crippen LogP contribution in [-0.4, -0.2) is 92.6 Å². The summed E-state index contributed by atoms with van der Waals surface area (Å²) in [4.78, 5) is 43.1. The lowest BCUT2D eigenvalue weighted by Gasteiger charge is -2.50. The first-order chi connectivity index (χ1) is 19.6. The summed E-state index contributed by atoms with van der Waals surface area (Å²) >= 11 is 0. The second-order valence-electron chi connectivity index (χ2n) is 13.3. The van der Waals surface area contributed by atoms with Gasteiger partial charge in [0.15, 0.2) is 11.4 Å². The zero-order valence-electron chi connectivity index (χ0n) is 24.3. The summed E-state index contributed by atoms with van der Waals surface area (Å²) in [6.45, 7) is 7.39. The number of fused-ring (bicyclic) bond motifs is 6. The highest BCUT2D eigenvalue weighted by atomic mass is 19.1. The number of carbonyl (C=O) groups is 3. The number of phenols is 1. The average molecular weight is 585 g/mol. The Balaban J connectivity index is 1.56. The maximum Gasteiger partial charge on any atom is 0.255 e. The molecule has 1 saturated heterocycles. The largest absolute Gasteiger partial charge is 0.508 e. The molecular weight excluding hydrogens is 547 g/mol. The fourth-order valence-corrected chi connectivity index (χ4v) is 8.39. The summed E-state index contributed by atoms with van der Waals surface area (Å²) in [5, 5.41) is 49.0. The zero-order valence-corrected chi connectivity index (χ0v) is 24.3. The number of aliphatic hydroxyl groups excluding tert-OH is 2. The Morgan fingerprint density at radius 1 is 1.21 bits per heavy atom. The molecule has 226 valence electrons. The van der Waals surface area contributed by atoms with Gasteiger partial charge in [0.1, 0.15) is 28.7 Å². The molecule has 0 aromatic heterocycles. The Kier molecular flexibility index (Phi) is 6.14. The summed E-state index contributed by atoms with van der Waals surface area (Å²) in [5.41, 5.74) is 1.44. The van der Waals surface area contributed by atoms with Crippen molar-refractivity contribution in [2.24, 2.45) is 23.0 Å². The second-order valence-corrected chi connectivity index (χ2v) is 13.3. The number of nitrogens with zero attached hydrogens (tertiary/aromatic N) is 2. The van der Waals surface area contributed by atoms with Crippen LogP contribution < -0.4 is 11.1 Å². The number of aliphatic hydroxyl groups is 3. The molecule has 1 amide bonds. The van der Waals surface area contributed by atoms with Gasteiger partial charge >= 0.3 is 0 Å². The van der Waals surface area contributed by atoms with Crippen LogP contribution in [0.5, 0.6) is 5.75 Å². The first kappa shape index (κ1) is 28.6. The van der Waals surface area contributed by atoms with Crippen molar-refractivity contribution in [1.29, 1.82) is 0 Å². The quantitative estimate of drug-likeness (QED) is 0.226. The van der Waals surface area contributed by atoms with Gasteiger partial charge in [0, 0.05) is 46.7 Å². The smallest absolute Gasteiger partial charge is 0.255 e. The van der Waals surface area contributed by atoms with E-state index in [1.54, 1.807) is 0 Å². The third kappa shape index (κ3) is 3.39. The number of ketones is 2. The van der Waals surface area contributed by atoms with E-state index in [0.717, 1.165) is 13.0 Å². The summed E-state index contributed by atoms with van der Waals surface area (Å²) in [6, 6.07) is -1.40. The summed E-state index contributed by atoms with van der Waals surface area (Å²) in [6.07, 6.45) is 0.642. The number of aromatic hydroxyl groups is 1. The average Bonchev–Trinajstić information content (AvgIpc) is 3.26. The monoisotopic (exact) mass is 584 g/mol. The Morgan fingerprint density at radius 2 is 1.88 bits per heavy atom. The van der Waals surface area contributed by atoms with Gasteiger partial charge in [-0.15, -0.1) is 0 Å². The third-order valence-corrected chi connectivity index (χ3v) is 10.4. The van der Waals surface area contributed by atoms with Crippen LogP contribution in [0.1, 0.15) is 56.3 Å². The van der Waals surface area contributed by atoms with Gasteiger partial charge < -0.3 is 31.5 Å². The van der Waals surface area contributed by atoms with Crippen LogP contribution in [0.3, 0.4) is 0 Å². The number of phenolic OH excluding ortho intramolecular Hbond substituents is 1. The van der Waals surface area contributed by atoms with Crippen LogP contribution in [0.25, 0.3) is 5.76 Å². The van der Waals surface area contributed by atoms with Gasteiger partial charge in [0.05, 0.1) is 17.3 Å².